The number of ether oxygens (including phenoxy) is 4. The molecular formula is C61H60N8O12S3. The topological polar surface area (TPSA) is 258 Å². The predicted octanol–water partition coefficient (Wildman–Crippen LogP) is 7.56. The van der Waals surface area contributed by atoms with E-state index in [1.165, 1.54) is 39.6 Å². The number of aromatic amines is 1. The number of β-lactam (4-membered cyclic amide) rings is 1. The smallest absolute Gasteiger partial charge is 0.356 e. The van der Waals surface area contributed by atoms with E-state index in [4.69, 9.17) is 28.8 Å². The standard InChI is InChI=1S/C61H60N8O12S3/c1-59(2,3)80-56(75)60(4,5)81-67-46(44-36-83-57(62-44)64-61(41-27-17-10-18-28-41,42-29-19-11-20-30-42)43-31-21-12-22-32-43)50(70)63-47-52(72)69-48(55(74)79-49(38-23-13-8-14-24-38)39-25-15-9-16-26-39)40(37-84(76)54(47)69)33-34-82-58-66-65-51(71)53(73)68(58)35-45(77-6)78-7/h8-34,36,45,47,49,54H,35,37H2,1-7H3,(H,62,64)(H,63,70)(H,65,71). The molecule has 23 heteroatoms. The lowest BCUT2D eigenvalue weighted by Gasteiger charge is -2.49. The maximum Gasteiger partial charge on any atom is 0.356 e. The highest BCUT2D eigenvalue weighted by Crippen LogP contribution is 2.42. The van der Waals surface area contributed by atoms with Crippen LogP contribution in [0.3, 0.4) is 0 Å². The summed E-state index contributed by atoms with van der Waals surface area (Å²) in [7, 11) is 2.73. The van der Waals surface area contributed by atoms with E-state index < -0.39 is 92.3 Å². The zero-order chi connectivity index (χ0) is 59.8. The minimum absolute atomic E-state index is 0.00681. The lowest BCUT2D eigenvalue weighted by molar-refractivity contribution is -0.179. The van der Waals surface area contributed by atoms with Crippen LogP contribution in [-0.2, 0) is 66.2 Å². The fraction of sp³-hybridized carbons (Fsp3) is 0.262. The third kappa shape index (κ3) is 13.2. The van der Waals surface area contributed by atoms with Gasteiger partial charge >= 0.3 is 23.1 Å². The van der Waals surface area contributed by atoms with Crippen molar-refractivity contribution in [2.45, 2.75) is 86.9 Å². The molecule has 0 spiro atoms. The van der Waals surface area contributed by atoms with Crippen LogP contribution in [0.2, 0.25) is 0 Å². The number of hydrogen-bond donors (Lipinski definition) is 3. The Balaban J connectivity index is 1.08. The molecule has 3 unspecified atom stereocenters. The lowest BCUT2D eigenvalue weighted by Crippen LogP contribution is -2.75. The second-order valence-corrected chi connectivity index (χ2v) is 23.9. The monoisotopic (exact) mass is 1190 g/mol. The number of esters is 2. The highest BCUT2D eigenvalue weighted by molar-refractivity contribution is 8.02. The van der Waals surface area contributed by atoms with Gasteiger partial charge in [0.25, 0.3) is 11.8 Å². The van der Waals surface area contributed by atoms with E-state index in [0.717, 1.165) is 49.3 Å². The zero-order valence-corrected chi connectivity index (χ0v) is 49.2. The van der Waals surface area contributed by atoms with Crippen LogP contribution in [0.4, 0.5) is 5.13 Å². The number of aromatic nitrogens is 4. The van der Waals surface area contributed by atoms with Crippen molar-refractivity contribution in [3.05, 3.63) is 234 Å². The molecule has 0 radical (unpaired) electrons. The molecule has 9 rings (SSSR count). The van der Waals surface area contributed by atoms with Gasteiger partial charge < -0.3 is 39.0 Å². The van der Waals surface area contributed by atoms with Crippen molar-refractivity contribution >= 4 is 68.9 Å². The Labute approximate surface area is 495 Å². The first-order valence-electron chi connectivity index (χ1n) is 26.4. The summed E-state index contributed by atoms with van der Waals surface area (Å²) in [5, 5.41) is 19.0. The van der Waals surface area contributed by atoms with Crippen LogP contribution >= 0.6 is 23.1 Å². The van der Waals surface area contributed by atoms with E-state index in [-0.39, 0.29) is 34.4 Å². The molecule has 434 valence electrons. The fourth-order valence-electron chi connectivity index (χ4n) is 9.30. The molecule has 2 amide bonds. The summed E-state index contributed by atoms with van der Waals surface area (Å²) in [5.41, 5.74) is -2.38. The summed E-state index contributed by atoms with van der Waals surface area (Å²) in [6, 6.07) is 45.8. The molecule has 20 nitrogen and oxygen atoms in total. The molecule has 3 atom stereocenters. The van der Waals surface area contributed by atoms with Crippen molar-refractivity contribution < 1.29 is 47.5 Å². The Bertz CT molecular complexity index is 3570. The van der Waals surface area contributed by atoms with Crippen molar-refractivity contribution in [1.29, 1.82) is 0 Å². The first-order valence-corrected chi connectivity index (χ1v) is 29.5. The number of nitrogens with zero attached hydrogens (tertiary/aromatic N) is 5. The predicted molar refractivity (Wildman–Crippen MR) is 318 cm³/mol. The van der Waals surface area contributed by atoms with Crippen molar-refractivity contribution in [3.63, 3.8) is 0 Å². The van der Waals surface area contributed by atoms with E-state index in [9.17, 15) is 33.3 Å². The van der Waals surface area contributed by atoms with Crippen LogP contribution < -0.4 is 21.8 Å². The number of amides is 2. The molecule has 4 heterocycles. The van der Waals surface area contributed by atoms with Crippen LogP contribution in [0.1, 0.15) is 74.2 Å². The molecule has 7 aromatic rings. The van der Waals surface area contributed by atoms with Gasteiger partial charge in [-0.1, -0.05) is 169 Å². The van der Waals surface area contributed by atoms with Gasteiger partial charge in [-0.25, -0.2) is 19.7 Å². The zero-order valence-electron chi connectivity index (χ0n) is 46.7. The van der Waals surface area contributed by atoms with Gasteiger partial charge in [0, 0.05) is 25.2 Å². The van der Waals surface area contributed by atoms with Gasteiger partial charge in [-0.05, 0) is 85.1 Å². The normalized spacial score (nSPS) is 16.5. The van der Waals surface area contributed by atoms with E-state index in [2.05, 4.69) is 26.0 Å². The average molecular weight is 1190 g/mol. The Morgan fingerprint density at radius 1 is 0.821 bits per heavy atom. The molecule has 2 aliphatic heterocycles. The van der Waals surface area contributed by atoms with Crippen molar-refractivity contribution in [2.75, 3.05) is 25.3 Å². The molecule has 2 aromatic heterocycles. The Kier molecular flexibility index (Phi) is 18.6. The number of thioether (sulfide) groups is 1. The van der Waals surface area contributed by atoms with Crippen LogP contribution in [0.15, 0.2) is 200 Å². The number of nitrogens with one attached hydrogen (secondary N) is 3. The summed E-state index contributed by atoms with van der Waals surface area (Å²) in [6.07, 6.45) is -0.465. The Morgan fingerprint density at radius 2 is 1.36 bits per heavy atom. The maximum absolute atomic E-state index is 15.0. The number of anilines is 1. The van der Waals surface area contributed by atoms with E-state index in [1.54, 1.807) is 74.7 Å². The van der Waals surface area contributed by atoms with Gasteiger partial charge in [-0.2, -0.15) is 0 Å². The number of H-pyrrole nitrogens is 1. The lowest BCUT2D eigenvalue weighted by atomic mass is 9.77. The number of carbonyl (C=O) groups excluding carboxylic acids is 4. The number of thiazole rings is 1. The molecule has 0 bridgehead atoms. The SMILES string of the molecule is COC(Cn1c(SC=CC2=C(C(=O)OC(c3ccccc3)c3ccccc3)N3C(=O)C(NC(=O)C(=NOC(C)(C)C(=O)OC(C)(C)C)c4csc(NC(c5ccccc5)(c5ccccc5)c5ccccc5)n4)C3[S+]([O-])C2)n[nH]c(=O)c1=O)OC. The largest absolute Gasteiger partial charge is 0.614 e. The average Bonchev–Trinajstić information content (AvgIpc) is 1.02. The molecule has 84 heavy (non-hydrogen) atoms. The minimum Gasteiger partial charge on any atom is -0.614 e. The Morgan fingerprint density at radius 3 is 1.88 bits per heavy atom. The van der Waals surface area contributed by atoms with Crippen molar-refractivity contribution in [2.24, 2.45) is 5.16 Å². The van der Waals surface area contributed by atoms with E-state index in [0.29, 0.717) is 16.3 Å². The van der Waals surface area contributed by atoms with Crippen LogP contribution in [0.5, 0.6) is 0 Å². The molecule has 1 fully saturated rings. The number of oxime groups is 1. The first kappa shape index (κ1) is 60.2. The number of carbonyl (C=O) groups is 4. The van der Waals surface area contributed by atoms with E-state index >= 15 is 0 Å². The number of hydrogen-bond acceptors (Lipinski definition) is 18. The number of benzene rings is 5. The molecule has 2 aliphatic rings. The maximum atomic E-state index is 15.0. The van der Waals surface area contributed by atoms with Gasteiger partial charge in [0.2, 0.25) is 11.0 Å². The molecule has 0 saturated carbocycles. The van der Waals surface area contributed by atoms with Crippen LogP contribution in [-0.4, -0.2) is 108 Å². The van der Waals surface area contributed by atoms with Crippen molar-refractivity contribution in [1.82, 2.24) is 30.0 Å². The molecule has 1 saturated heterocycles. The van der Waals surface area contributed by atoms with Gasteiger partial charge in [0.15, 0.2) is 34.4 Å². The van der Waals surface area contributed by atoms with E-state index in [1.807, 2.05) is 103 Å². The molecule has 3 N–H and O–H groups in total. The number of allylic oxidation sites excluding steroid dienone is 1. The highest BCUT2D eigenvalue weighted by atomic mass is 32.2. The quantitative estimate of drug-likeness (QED) is 0.00681. The number of methoxy groups -OCH3 is 2. The third-order valence-electron chi connectivity index (χ3n) is 13.4. The van der Waals surface area contributed by atoms with Crippen molar-refractivity contribution in [3.8, 4) is 0 Å². The number of fused-ring (bicyclic) bond motifs is 1. The van der Waals surface area contributed by atoms with Gasteiger partial charge in [0.1, 0.15) is 28.3 Å². The van der Waals surface area contributed by atoms with Gasteiger partial charge in [-0.3, -0.25) is 28.6 Å². The first-order chi connectivity index (χ1) is 40.3. The minimum atomic E-state index is -2.01. The third-order valence-corrected chi connectivity index (χ3v) is 16.6. The number of rotatable bonds is 22. The molecule has 5 aromatic carbocycles. The highest BCUT2D eigenvalue weighted by Gasteiger charge is 2.61. The molecular weight excluding hydrogens is 1130 g/mol. The fourth-order valence-corrected chi connectivity index (χ4v) is 12.4. The molecule has 0 aliphatic carbocycles. The summed E-state index contributed by atoms with van der Waals surface area (Å²) in [6.45, 7) is 7.71. The Hall–Kier alpha value is -8.45. The van der Waals surface area contributed by atoms with Crippen LogP contribution in [0, 0.1) is 0 Å². The summed E-state index contributed by atoms with van der Waals surface area (Å²) in [5.74, 6) is -3.89. The second kappa shape index (κ2) is 26.0. The van der Waals surface area contributed by atoms with Gasteiger partial charge in [-0.15, -0.1) is 16.4 Å². The summed E-state index contributed by atoms with van der Waals surface area (Å²) >= 11 is 0.0193. The van der Waals surface area contributed by atoms with Crippen LogP contribution in [0.25, 0.3) is 0 Å². The summed E-state index contributed by atoms with van der Waals surface area (Å²) < 4.78 is 38.2. The summed E-state index contributed by atoms with van der Waals surface area (Å²) in [4.78, 5) is 95.6. The van der Waals surface area contributed by atoms with Gasteiger partial charge in [0.05, 0.1) is 6.54 Å². The second-order valence-electron chi connectivity index (χ2n) is 20.7.